The van der Waals surface area contributed by atoms with E-state index in [9.17, 15) is 9.59 Å². The predicted octanol–water partition coefficient (Wildman–Crippen LogP) is 2.58. The smallest absolute Gasteiger partial charge is 0.321 e. The molecule has 1 aromatic carbocycles. The molecule has 1 aromatic rings. The summed E-state index contributed by atoms with van der Waals surface area (Å²) in [5.41, 5.74) is 6.91. The van der Waals surface area contributed by atoms with Gasteiger partial charge in [-0.3, -0.25) is 4.79 Å². The number of rotatable bonds is 7. The fourth-order valence-corrected chi connectivity index (χ4v) is 2.32. The highest BCUT2D eigenvalue weighted by molar-refractivity contribution is 5.89. The van der Waals surface area contributed by atoms with E-state index < -0.39 is 5.41 Å². The first-order chi connectivity index (χ1) is 10.9. The lowest BCUT2D eigenvalue weighted by molar-refractivity contribution is -0.131. The molecule has 4 N–H and O–H groups in total. The quantitative estimate of drug-likeness (QED) is 0.701. The van der Waals surface area contributed by atoms with Gasteiger partial charge in [0.15, 0.2) is 0 Å². The van der Waals surface area contributed by atoms with Crippen molar-refractivity contribution >= 4 is 30.0 Å². The number of anilines is 1. The third-order valence-electron chi connectivity index (χ3n) is 4.26. The Morgan fingerprint density at radius 1 is 1.21 bits per heavy atom. The van der Waals surface area contributed by atoms with E-state index >= 15 is 0 Å². The molecule has 0 bridgehead atoms. The summed E-state index contributed by atoms with van der Waals surface area (Å²) in [6.07, 6.45) is 1.43. The number of nitrogens with one attached hydrogen (secondary N) is 2. The molecule has 0 saturated heterocycles. The van der Waals surface area contributed by atoms with Gasteiger partial charge in [-0.25, -0.2) is 4.79 Å². The van der Waals surface area contributed by atoms with Crippen LogP contribution in [0.25, 0.3) is 0 Å². The number of hydrogen-bond donors (Lipinski definition) is 3. The van der Waals surface area contributed by atoms with E-state index in [1.807, 2.05) is 38.1 Å². The lowest BCUT2D eigenvalue weighted by Crippen LogP contribution is -2.45. The van der Waals surface area contributed by atoms with Crippen molar-refractivity contribution in [1.82, 2.24) is 10.2 Å². The maximum absolute atomic E-state index is 12.4. The lowest BCUT2D eigenvalue weighted by Gasteiger charge is -2.28. The number of halogens is 1. The molecule has 24 heavy (non-hydrogen) atoms. The second-order valence-electron chi connectivity index (χ2n) is 5.90. The van der Waals surface area contributed by atoms with Crippen molar-refractivity contribution in [3.63, 3.8) is 0 Å². The molecule has 3 amide bonds. The molecule has 0 atom stereocenters. The van der Waals surface area contributed by atoms with Gasteiger partial charge in [-0.15, -0.1) is 12.4 Å². The molecule has 0 aromatic heterocycles. The summed E-state index contributed by atoms with van der Waals surface area (Å²) in [4.78, 5) is 25.5. The molecule has 0 aliphatic rings. The molecular weight excluding hydrogens is 328 g/mol. The largest absolute Gasteiger partial charge is 0.352 e. The second kappa shape index (κ2) is 10.2. The Bertz CT molecular complexity index is 537. The van der Waals surface area contributed by atoms with Crippen molar-refractivity contribution in [2.24, 2.45) is 11.1 Å². The number of amides is 3. The highest BCUT2D eigenvalue weighted by atomic mass is 35.5. The van der Waals surface area contributed by atoms with Crippen molar-refractivity contribution in [3.05, 3.63) is 29.8 Å². The van der Waals surface area contributed by atoms with E-state index in [2.05, 4.69) is 10.6 Å². The lowest BCUT2D eigenvalue weighted by atomic mass is 9.81. The van der Waals surface area contributed by atoms with Gasteiger partial charge in [-0.1, -0.05) is 26.0 Å². The molecule has 0 radical (unpaired) electrons. The van der Waals surface area contributed by atoms with Crippen LogP contribution in [0.1, 0.15) is 32.3 Å². The third-order valence-corrected chi connectivity index (χ3v) is 4.26. The summed E-state index contributed by atoms with van der Waals surface area (Å²) in [6.45, 7) is 4.71. The number of nitrogens with zero attached hydrogens (tertiary/aromatic N) is 1. The number of benzene rings is 1. The Morgan fingerprint density at radius 2 is 1.83 bits per heavy atom. The zero-order chi connectivity index (χ0) is 17.5. The molecule has 1 rings (SSSR count). The minimum Gasteiger partial charge on any atom is -0.352 e. The molecule has 0 aliphatic heterocycles. The Kier molecular flexibility index (Phi) is 9.40. The van der Waals surface area contributed by atoms with Gasteiger partial charge in [0.25, 0.3) is 0 Å². The van der Waals surface area contributed by atoms with Crippen LogP contribution in [0.4, 0.5) is 10.5 Å². The minimum absolute atomic E-state index is 0. The van der Waals surface area contributed by atoms with Gasteiger partial charge >= 0.3 is 6.03 Å². The van der Waals surface area contributed by atoms with Gasteiger partial charge in [0.1, 0.15) is 0 Å². The Morgan fingerprint density at radius 3 is 2.33 bits per heavy atom. The molecule has 0 heterocycles. The van der Waals surface area contributed by atoms with Gasteiger partial charge in [0, 0.05) is 32.9 Å². The van der Waals surface area contributed by atoms with Gasteiger partial charge in [0.2, 0.25) is 5.91 Å². The number of urea groups is 1. The van der Waals surface area contributed by atoms with Gasteiger partial charge in [-0.05, 0) is 30.5 Å². The Labute approximate surface area is 150 Å². The van der Waals surface area contributed by atoms with E-state index in [1.54, 1.807) is 14.1 Å². The van der Waals surface area contributed by atoms with Crippen LogP contribution in [0.2, 0.25) is 0 Å². The topological polar surface area (TPSA) is 87.5 Å². The average molecular weight is 357 g/mol. The van der Waals surface area contributed by atoms with Crippen molar-refractivity contribution in [3.8, 4) is 0 Å². The van der Waals surface area contributed by atoms with Crippen LogP contribution in [-0.4, -0.2) is 37.5 Å². The van der Waals surface area contributed by atoms with Crippen LogP contribution in [0, 0.1) is 5.41 Å². The van der Waals surface area contributed by atoms with Crippen LogP contribution in [0.15, 0.2) is 24.3 Å². The minimum atomic E-state index is -0.503. The normalized spacial score (nSPS) is 10.5. The molecule has 0 saturated carbocycles. The summed E-state index contributed by atoms with van der Waals surface area (Å²) in [6, 6.07) is 7.24. The molecule has 0 aliphatic carbocycles. The third kappa shape index (κ3) is 5.69. The van der Waals surface area contributed by atoms with E-state index in [0.717, 1.165) is 5.56 Å². The van der Waals surface area contributed by atoms with Gasteiger partial charge in [0.05, 0.1) is 5.41 Å². The van der Waals surface area contributed by atoms with E-state index in [1.165, 1.54) is 4.90 Å². The van der Waals surface area contributed by atoms with Crippen molar-refractivity contribution in [1.29, 1.82) is 0 Å². The Balaban J connectivity index is 0.00000529. The molecule has 6 nitrogen and oxygen atoms in total. The number of carbonyl (C=O) groups excluding carboxylic acids is 2. The number of hydrogen-bond acceptors (Lipinski definition) is 3. The zero-order valence-electron chi connectivity index (χ0n) is 14.9. The molecule has 0 fully saturated rings. The summed E-state index contributed by atoms with van der Waals surface area (Å²) in [7, 11) is 3.36. The number of nitrogens with two attached hydrogens (primary N) is 1. The summed E-state index contributed by atoms with van der Waals surface area (Å²) < 4.78 is 0. The van der Waals surface area contributed by atoms with Crippen molar-refractivity contribution in [2.45, 2.75) is 33.2 Å². The average Bonchev–Trinajstić information content (AvgIpc) is 2.55. The first-order valence-electron chi connectivity index (χ1n) is 7.94. The molecule has 7 heteroatoms. The van der Waals surface area contributed by atoms with E-state index in [-0.39, 0.29) is 24.3 Å². The van der Waals surface area contributed by atoms with Crippen LogP contribution >= 0.6 is 12.4 Å². The van der Waals surface area contributed by atoms with Crippen LogP contribution in [0.5, 0.6) is 0 Å². The fraction of sp³-hybridized carbons (Fsp3) is 0.529. The monoisotopic (exact) mass is 356 g/mol. The molecule has 0 spiro atoms. The first kappa shape index (κ1) is 22.2. The van der Waals surface area contributed by atoms with Crippen LogP contribution in [0.3, 0.4) is 0 Å². The highest BCUT2D eigenvalue weighted by Gasteiger charge is 2.32. The SMILES string of the molecule is CCC(CC)(CN)C(=O)NCc1cccc(NC(=O)N(C)C)c1.Cl. The van der Waals surface area contributed by atoms with E-state index in [0.29, 0.717) is 31.6 Å². The maximum atomic E-state index is 12.4. The summed E-state index contributed by atoms with van der Waals surface area (Å²) in [5.74, 6) is -0.0206. The summed E-state index contributed by atoms with van der Waals surface area (Å²) >= 11 is 0. The first-order valence-corrected chi connectivity index (χ1v) is 7.94. The van der Waals surface area contributed by atoms with Crippen molar-refractivity contribution < 1.29 is 9.59 Å². The van der Waals surface area contributed by atoms with Crippen LogP contribution in [-0.2, 0) is 11.3 Å². The summed E-state index contributed by atoms with van der Waals surface area (Å²) in [5, 5.41) is 5.74. The second-order valence-corrected chi connectivity index (χ2v) is 5.90. The standard InChI is InChI=1S/C17H28N4O2.ClH/c1-5-17(6-2,12-18)15(22)19-11-13-8-7-9-14(10-13)20-16(23)21(3)4;/h7-10H,5-6,11-12,18H2,1-4H3,(H,19,22)(H,20,23);1H. The molecule has 0 unspecified atom stereocenters. The molecular formula is C17H29ClN4O2. The van der Waals surface area contributed by atoms with Crippen molar-refractivity contribution in [2.75, 3.05) is 26.0 Å². The Hall–Kier alpha value is -1.79. The van der Waals surface area contributed by atoms with Gasteiger partial charge in [-0.2, -0.15) is 0 Å². The van der Waals surface area contributed by atoms with Crippen LogP contribution < -0.4 is 16.4 Å². The van der Waals surface area contributed by atoms with E-state index in [4.69, 9.17) is 5.73 Å². The number of carbonyl (C=O) groups is 2. The highest BCUT2D eigenvalue weighted by Crippen LogP contribution is 2.25. The zero-order valence-corrected chi connectivity index (χ0v) is 15.7. The molecule has 136 valence electrons. The fourth-order valence-electron chi connectivity index (χ4n) is 2.32. The maximum Gasteiger partial charge on any atom is 0.321 e. The van der Waals surface area contributed by atoms with Gasteiger partial charge < -0.3 is 21.3 Å². The predicted molar refractivity (Wildman–Crippen MR) is 100 cm³/mol.